The third kappa shape index (κ3) is 4.34. The molecule has 0 radical (unpaired) electrons. The summed E-state index contributed by atoms with van der Waals surface area (Å²) in [6, 6.07) is 23.1. The molecular weight excluding hydrogens is 416 g/mol. The molecule has 1 heterocycles. The molecule has 3 aromatic rings. The second kappa shape index (κ2) is 8.70. The zero-order valence-corrected chi connectivity index (χ0v) is 17.6. The lowest BCUT2D eigenvalue weighted by Gasteiger charge is -2.26. The Hall–Kier alpha value is -3.51. The van der Waals surface area contributed by atoms with E-state index in [4.69, 9.17) is 26.2 Å². The first kappa shape index (κ1) is 20.8. The van der Waals surface area contributed by atoms with Gasteiger partial charge in [0.25, 0.3) is 6.02 Å². The van der Waals surface area contributed by atoms with E-state index in [1.807, 2.05) is 79.7 Å². The van der Waals surface area contributed by atoms with Crippen molar-refractivity contribution in [3.8, 4) is 16.9 Å². The van der Waals surface area contributed by atoms with E-state index in [2.05, 4.69) is 10.3 Å². The summed E-state index contributed by atoms with van der Waals surface area (Å²) in [4.78, 5) is 15.8. The number of benzene rings is 3. The first-order valence-electron chi connectivity index (χ1n) is 9.82. The van der Waals surface area contributed by atoms with Gasteiger partial charge < -0.3 is 14.6 Å². The molecule has 158 valence electrons. The molecule has 1 unspecified atom stereocenters. The summed E-state index contributed by atoms with van der Waals surface area (Å²) in [6.45, 7) is 2.66. The summed E-state index contributed by atoms with van der Waals surface area (Å²) in [5.41, 5.74) is 2.78. The standard InChI is InChI=1S/C24H21ClN2O4/c1-2-30-21-11-9-18(10-12-21)24(15-31-22(27-24)26-23(28)29)19-7-3-5-16(13-19)17-6-4-8-20(25)14-17/h3-14H,2,15H2,1H3,(H,26,27)(H,28,29). The van der Waals surface area contributed by atoms with E-state index in [1.54, 1.807) is 0 Å². The van der Waals surface area contributed by atoms with Crippen molar-refractivity contribution in [3.63, 3.8) is 0 Å². The number of ether oxygens (including phenoxy) is 2. The molecule has 1 aliphatic heterocycles. The number of halogens is 1. The zero-order chi connectivity index (χ0) is 21.8. The molecule has 6 nitrogen and oxygen atoms in total. The van der Waals surface area contributed by atoms with Gasteiger partial charge in [0.1, 0.15) is 12.4 Å². The van der Waals surface area contributed by atoms with Gasteiger partial charge in [0.05, 0.1) is 6.61 Å². The van der Waals surface area contributed by atoms with Crippen LogP contribution in [0.3, 0.4) is 0 Å². The van der Waals surface area contributed by atoms with E-state index in [-0.39, 0.29) is 12.6 Å². The summed E-state index contributed by atoms with van der Waals surface area (Å²) in [5.74, 6) is 0.751. The zero-order valence-electron chi connectivity index (χ0n) is 16.8. The van der Waals surface area contributed by atoms with Crippen molar-refractivity contribution in [1.29, 1.82) is 0 Å². The fraction of sp³-hybridized carbons (Fsp3) is 0.167. The number of rotatable bonds is 5. The van der Waals surface area contributed by atoms with E-state index >= 15 is 0 Å². The highest BCUT2D eigenvalue weighted by Gasteiger charge is 2.41. The summed E-state index contributed by atoms with van der Waals surface area (Å²) < 4.78 is 11.2. The lowest BCUT2D eigenvalue weighted by molar-refractivity contribution is 0.195. The fourth-order valence-electron chi connectivity index (χ4n) is 3.65. The third-order valence-electron chi connectivity index (χ3n) is 5.07. The number of hydrogen-bond donors (Lipinski definition) is 2. The Morgan fingerprint density at radius 3 is 2.48 bits per heavy atom. The molecule has 0 aromatic heterocycles. The Balaban J connectivity index is 1.81. The van der Waals surface area contributed by atoms with Crippen molar-refractivity contribution < 1.29 is 19.4 Å². The lowest BCUT2D eigenvalue weighted by Crippen LogP contribution is -2.28. The number of hydrogen-bond acceptors (Lipinski definition) is 4. The van der Waals surface area contributed by atoms with Crippen LogP contribution in [0.5, 0.6) is 5.75 Å². The molecule has 1 amide bonds. The Bertz CT molecular complexity index is 1130. The van der Waals surface area contributed by atoms with Crippen LogP contribution >= 0.6 is 11.6 Å². The summed E-state index contributed by atoms with van der Waals surface area (Å²) >= 11 is 6.18. The molecule has 2 N–H and O–H groups in total. The maximum atomic E-state index is 11.1. The van der Waals surface area contributed by atoms with Crippen LogP contribution in [0.1, 0.15) is 18.1 Å². The molecule has 0 saturated carbocycles. The number of nitrogens with zero attached hydrogens (tertiary/aromatic N) is 1. The van der Waals surface area contributed by atoms with Gasteiger partial charge in [0.2, 0.25) is 0 Å². The molecular formula is C24H21ClN2O4. The van der Waals surface area contributed by atoms with E-state index in [9.17, 15) is 4.79 Å². The maximum absolute atomic E-state index is 11.1. The molecule has 1 aliphatic rings. The van der Waals surface area contributed by atoms with E-state index in [1.165, 1.54) is 0 Å². The van der Waals surface area contributed by atoms with Crippen LogP contribution in [-0.4, -0.2) is 30.4 Å². The Morgan fingerprint density at radius 2 is 1.81 bits per heavy atom. The van der Waals surface area contributed by atoms with Gasteiger partial charge in [0.15, 0.2) is 5.54 Å². The minimum Gasteiger partial charge on any atom is -0.494 e. The number of amides is 1. The highest BCUT2D eigenvalue weighted by molar-refractivity contribution is 6.30. The predicted molar refractivity (Wildman–Crippen MR) is 120 cm³/mol. The predicted octanol–water partition coefficient (Wildman–Crippen LogP) is 5.30. The van der Waals surface area contributed by atoms with Crippen LogP contribution in [0.15, 0.2) is 77.8 Å². The molecule has 0 bridgehead atoms. The van der Waals surface area contributed by atoms with Crippen molar-refractivity contribution in [2.45, 2.75) is 12.5 Å². The van der Waals surface area contributed by atoms with E-state index in [0.717, 1.165) is 28.0 Å². The van der Waals surface area contributed by atoms with Crippen LogP contribution in [0.4, 0.5) is 4.79 Å². The monoisotopic (exact) mass is 436 g/mol. The number of amidine groups is 1. The molecule has 4 rings (SSSR count). The van der Waals surface area contributed by atoms with Gasteiger partial charge in [-0.1, -0.05) is 54.1 Å². The van der Waals surface area contributed by atoms with Crippen molar-refractivity contribution >= 4 is 23.7 Å². The van der Waals surface area contributed by atoms with Gasteiger partial charge in [-0.25, -0.2) is 15.1 Å². The molecule has 0 spiro atoms. The maximum Gasteiger partial charge on any atom is 0.412 e. The van der Waals surface area contributed by atoms with Crippen molar-refractivity contribution in [1.82, 2.24) is 5.32 Å². The highest BCUT2D eigenvalue weighted by atomic mass is 35.5. The fourth-order valence-corrected chi connectivity index (χ4v) is 3.84. The van der Waals surface area contributed by atoms with Crippen molar-refractivity contribution in [3.05, 3.63) is 88.9 Å². The van der Waals surface area contributed by atoms with Crippen molar-refractivity contribution in [2.24, 2.45) is 4.99 Å². The first-order chi connectivity index (χ1) is 15.0. The average Bonchev–Trinajstić information content (AvgIpc) is 3.19. The van der Waals surface area contributed by atoms with Gasteiger partial charge in [0, 0.05) is 5.02 Å². The second-order valence-electron chi connectivity index (χ2n) is 7.04. The Labute approximate surface area is 185 Å². The number of carbonyl (C=O) groups is 1. The van der Waals surface area contributed by atoms with E-state index in [0.29, 0.717) is 11.6 Å². The topological polar surface area (TPSA) is 80.2 Å². The lowest BCUT2D eigenvalue weighted by atomic mass is 9.83. The van der Waals surface area contributed by atoms with Gasteiger partial charge in [-0.05, 0) is 59.5 Å². The molecule has 3 aromatic carbocycles. The normalized spacial score (nSPS) is 17.5. The SMILES string of the molecule is CCOc1ccc(C2(c3cccc(-c4cccc(Cl)c4)c3)COC(NC(=O)O)=N2)cc1. The largest absolute Gasteiger partial charge is 0.494 e. The van der Waals surface area contributed by atoms with Crippen LogP contribution in [-0.2, 0) is 10.3 Å². The Kier molecular flexibility index (Phi) is 5.82. The number of nitrogens with one attached hydrogen (secondary N) is 1. The van der Waals surface area contributed by atoms with Crippen LogP contribution < -0.4 is 10.1 Å². The third-order valence-corrected chi connectivity index (χ3v) is 5.30. The van der Waals surface area contributed by atoms with E-state index < -0.39 is 11.6 Å². The summed E-state index contributed by atoms with van der Waals surface area (Å²) in [6.07, 6.45) is -1.23. The smallest absolute Gasteiger partial charge is 0.412 e. The quantitative estimate of drug-likeness (QED) is 0.568. The first-order valence-corrected chi connectivity index (χ1v) is 10.2. The van der Waals surface area contributed by atoms with Crippen LogP contribution in [0, 0.1) is 0 Å². The molecule has 0 fully saturated rings. The Morgan fingerprint density at radius 1 is 1.10 bits per heavy atom. The minimum atomic E-state index is -1.23. The second-order valence-corrected chi connectivity index (χ2v) is 7.48. The van der Waals surface area contributed by atoms with Crippen LogP contribution in [0.25, 0.3) is 11.1 Å². The van der Waals surface area contributed by atoms with Gasteiger partial charge in [-0.15, -0.1) is 0 Å². The molecule has 0 saturated heterocycles. The molecule has 7 heteroatoms. The minimum absolute atomic E-state index is 0.0328. The molecule has 1 atom stereocenters. The summed E-state index contributed by atoms with van der Waals surface area (Å²) in [7, 11) is 0. The molecule has 31 heavy (non-hydrogen) atoms. The number of aliphatic imine (C=N–C) groups is 1. The highest BCUT2D eigenvalue weighted by Crippen LogP contribution is 2.40. The van der Waals surface area contributed by atoms with Gasteiger partial charge in [-0.2, -0.15) is 0 Å². The van der Waals surface area contributed by atoms with Crippen LogP contribution in [0.2, 0.25) is 5.02 Å². The summed E-state index contributed by atoms with van der Waals surface area (Å²) in [5, 5.41) is 12.0. The van der Waals surface area contributed by atoms with Gasteiger partial charge >= 0.3 is 6.09 Å². The number of carboxylic acid groups (broad SMARTS) is 1. The van der Waals surface area contributed by atoms with Crippen molar-refractivity contribution in [2.75, 3.05) is 13.2 Å². The molecule has 0 aliphatic carbocycles. The average molecular weight is 437 g/mol. The van der Waals surface area contributed by atoms with Gasteiger partial charge in [-0.3, -0.25) is 0 Å².